The molecular formula is C24H38ClN5O4. The van der Waals surface area contributed by atoms with Crippen LogP contribution in [0.15, 0.2) is 24.3 Å². The Labute approximate surface area is 208 Å². The van der Waals surface area contributed by atoms with Gasteiger partial charge in [0, 0.05) is 56.6 Å². The summed E-state index contributed by atoms with van der Waals surface area (Å²) in [5.74, 6) is -0.188. The van der Waals surface area contributed by atoms with Crippen molar-refractivity contribution in [3.05, 3.63) is 29.8 Å². The lowest BCUT2D eigenvalue weighted by Gasteiger charge is -2.46. The molecule has 0 spiro atoms. The van der Waals surface area contributed by atoms with E-state index in [1.807, 2.05) is 38.1 Å². The molecule has 2 fully saturated rings. The summed E-state index contributed by atoms with van der Waals surface area (Å²) in [5.41, 5.74) is 7.42. The van der Waals surface area contributed by atoms with Gasteiger partial charge in [0.15, 0.2) is 0 Å². The average Bonchev–Trinajstić information content (AvgIpc) is 2.80. The first-order valence-electron chi connectivity index (χ1n) is 11.9. The minimum absolute atomic E-state index is 0. The van der Waals surface area contributed by atoms with E-state index in [1.54, 1.807) is 0 Å². The van der Waals surface area contributed by atoms with Crippen LogP contribution in [-0.4, -0.2) is 92.6 Å². The number of benzene rings is 1. The number of ether oxygens (including phenoxy) is 2. The molecule has 2 unspecified atom stereocenters. The highest BCUT2D eigenvalue weighted by molar-refractivity contribution is 5.95. The molecular weight excluding hydrogens is 458 g/mol. The predicted molar refractivity (Wildman–Crippen MR) is 135 cm³/mol. The van der Waals surface area contributed by atoms with Crippen LogP contribution < -0.4 is 10.6 Å². The van der Waals surface area contributed by atoms with Crippen molar-refractivity contribution in [1.82, 2.24) is 9.80 Å². The van der Waals surface area contributed by atoms with E-state index in [0.717, 1.165) is 50.4 Å². The lowest BCUT2D eigenvalue weighted by atomic mass is 9.87. The summed E-state index contributed by atoms with van der Waals surface area (Å²) in [6.45, 7) is 9.79. The van der Waals surface area contributed by atoms with Crippen molar-refractivity contribution in [3.8, 4) is 0 Å². The second-order valence-corrected chi connectivity index (χ2v) is 8.65. The topological polar surface area (TPSA) is 112 Å². The van der Waals surface area contributed by atoms with Gasteiger partial charge in [-0.15, -0.1) is 12.4 Å². The maximum Gasteiger partial charge on any atom is 0.320 e. The molecule has 1 aromatic rings. The second kappa shape index (κ2) is 13.5. The van der Waals surface area contributed by atoms with Crippen LogP contribution >= 0.6 is 12.4 Å². The Balaban J connectivity index is 0.00000408. The van der Waals surface area contributed by atoms with Gasteiger partial charge in [-0.1, -0.05) is 0 Å². The summed E-state index contributed by atoms with van der Waals surface area (Å²) in [6.07, 6.45) is 1.28. The number of hydrogen-bond donors (Lipinski definition) is 2. The third kappa shape index (κ3) is 7.58. The molecule has 2 atom stereocenters. The molecule has 3 rings (SSSR count). The van der Waals surface area contributed by atoms with Gasteiger partial charge in [0.05, 0.1) is 26.2 Å². The fourth-order valence-corrected chi connectivity index (χ4v) is 4.91. The Morgan fingerprint density at radius 1 is 1.00 bits per heavy atom. The first-order chi connectivity index (χ1) is 15.9. The van der Waals surface area contributed by atoms with Gasteiger partial charge in [-0.3, -0.25) is 24.8 Å². The molecule has 190 valence electrons. The van der Waals surface area contributed by atoms with Gasteiger partial charge in [0.2, 0.25) is 0 Å². The number of amidine groups is 1. The average molecular weight is 496 g/mol. The number of nitrogens with one attached hydrogen (secondary N) is 1. The number of nitrogens with zero attached hydrogens (tertiary/aromatic N) is 3. The van der Waals surface area contributed by atoms with E-state index < -0.39 is 0 Å². The number of nitrogen functional groups attached to an aromatic ring is 1. The van der Waals surface area contributed by atoms with E-state index in [1.165, 1.54) is 0 Å². The van der Waals surface area contributed by atoms with E-state index in [4.69, 9.17) is 20.6 Å². The van der Waals surface area contributed by atoms with Gasteiger partial charge in [0.1, 0.15) is 5.84 Å². The van der Waals surface area contributed by atoms with Crippen molar-refractivity contribution in [2.24, 2.45) is 11.7 Å². The van der Waals surface area contributed by atoms with Crippen LogP contribution in [0.2, 0.25) is 0 Å². The summed E-state index contributed by atoms with van der Waals surface area (Å²) >= 11 is 0. The Kier molecular flexibility index (Phi) is 11.1. The molecule has 0 amide bonds. The van der Waals surface area contributed by atoms with Gasteiger partial charge >= 0.3 is 11.9 Å². The summed E-state index contributed by atoms with van der Waals surface area (Å²) in [6, 6.07) is 8.10. The molecule has 2 aliphatic rings. The fraction of sp³-hybridized carbons (Fsp3) is 0.625. The number of nitrogens with two attached hydrogens (primary N) is 1. The first kappa shape index (κ1) is 27.9. The van der Waals surface area contributed by atoms with E-state index in [9.17, 15) is 9.59 Å². The Morgan fingerprint density at radius 3 is 2.21 bits per heavy atom. The quantitative estimate of drug-likeness (QED) is 0.302. The summed E-state index contributed by atoms with van der Waals surface area (Å²) in [5, 5.41) is 7.55. The molecule has 2 aliphatic heterocycles. The SMILES string of the molecule is CCOC(=O)CC1CN(CC(=O)OCC)CCC1N1CCN(c2ccc(C(=N)N)cc2)CC1.Cl. The van der Waals surface area contributed by atoms with Crippen molar-refractivity contribution in [2.75, 3.05) is 63.9 Å². The number of rotatable bonds is 9. The molecule has 0 aromatic heterocycles. The van der Waals surface area contributed by atoms with Gasteiger partial charge in [-0.2, -0.15) is 0 Å². The highest BCUT2D eigenvalue weighted by atomic mass is 35.5. The number of carbonyl (C=O) groups excluding carboxylic acids is 2. The zero-order chi connectivity index (χ0) is 23.8. The molecule has 0 radical (unpaired) electrons. The third-order valence-electron chi connectivity index (χ3n) is 6.50. The van der Waals surface area contributed by atoms with Crippen LogP contribution in [0.25, 0.3) is 0 Å². The normalized spacial score (nSPS) is 21.4. The predicted octanol–water partition coefficient (Wildman–Crippen LogP) is 1.72. The van der Waals surface area contributed by atoms with Crippen molar-refractivity contribution < 1.29 is 19.1 Å². The zero-order valence-corrected chi connectivity index (χ0v) is 21.0. The smallest absolute Gasteiger partial charge is 0.320 e. The van der Waals surface area contributed by atoms with Crippen LogP contribution in [0.3, 0.4) is 0 Å². The maximum atomic E-state index is 12.3. The van der Waals surface area contributed by atoms with Crippen LogP contribution in [0.1, 0.15) is 32.3 Å². The molecule has 9 nitrogen and oxygen atoms in total. The molecule has 0 aliphatic carbocycles. The summed E-state index contributed by atoms with van der Waals surface area (Å²) in [7, 11) is 0. The number of piperidine rings is 1. The van der Waals surface area contributed by atoms with E-state index in [-0.39, 0.29) is 48.7 Å². The maximum absolute atomic E-state index is 12.3. The fourth-order valence-electron chi connectivity index (χ4n) is 4.91. The molecule has 1 aromatic carbocycles. The highest BCUT2D eigenvalue weighted by Crippen LogP contribution is 2.28. The lowest BCUT2D eigenvalue weighted by Crippen LogP contribution is -2.57. The molecule has 10 heteroatoms. The van der Waals surface area contributed by atoms with Gasteiger partial charge in [-0.05, 0) is 50.5 Å². The van der Waals surface area contributed by atoms with Crippen molar-refractivity contribution in [1.29, 1.82) is 5.41 Å². The number of halogens is 1. The first-order valence-corrected chi connectivity index (χ1v) is 11.9. The molecule has 2 saturated heterocycles. The number of carbonyl (C=O) groups is 2. The third-order valence-corrected chi connectivity index (χ3v) is 6.50. The van der Waals surface area contributed by atoms with Crippen LogP contribution in [0, 0.1) is 11.3 Å². The minimum atomic E-state index is -0.213. The van der Waals surface area contributed by atoms with Gasteiger partial charge < -0.3 is 20.1 Å². The number of piperazine rings is 1. The number of esters is 2. The number of anilines is 1. The van der Waals surface area contributed by atoms with E-state index in [2.05, 4.69) is 14.7 Å². The van der Waals surface area contributed by atoms with Crippen molar-refractivity contribution in [2.45, 2.75) is 32.7 Å². The Bertz CT molecular complexity index is 814. The Hall–Kier alpha value is -2.36. The summed E-state index contributed by atoms with van der Waals surface area (Å²) < 4.78 is 10.3. The second-order valence-electron chi connectivity index (χ2n) is 8.65. The lowest BCUT2D eigenvalue weighted by molar-refractivity contribution is -0.146. The van der Waals surface area contributed by atoms with Crippen LogP contribution in [0.4, 0.5) is 5.69 Å². The van der Waals surface area contributed by atoms with Gasteiger partial charge in [-0.25, -0.2) is 0 Å². The van der Waals surface area contributed by atoms with E-state index in [0.29, 0.717) is 26.2 Å². The molecule has 3 N–H and O–H groups in total. The highest BCUT2D eigenvalue weighted by Gasteiger charge is 2.36. The molecule has 0 saturated carbocycles. The van der Waals surface area contributed by atoms with Crippen LogP contribution in [-0.2, 0) is 19.1 Å². The molecule has 0 bridgehead atoms. The van der Waals surface area contributed by atoms with Crippen molar-refractivity contribution >= 4 is 35.9 Å². The Morgan fingerprint density at radius 2 is 1.62 bits per heavy atom. The summed E-state index contributed by atoms with van der Waals surface area (Å²) in [4.78, 5) is 31.2. The molecule has 34 heavy (non-hydrogen) atoms. The number of hydrogen-bond acceptors (Lipinski definition) is 8. The van der Waals surface area contributed by atoms with E-state index >= 15 is 0 Å². The monoisotopic (exact) mass is 495 g/mol. The van der Waals surface area contributed by atoms with Crippen LogP contribution in [0.5, 0.6) is 0 Å². The number of likely N-dealkylation sites (tertiary alicyclic amines) is 1. The zero-order valence-electron chi connectivity index (χ0n) is 20.2. The molecule has 2 heterocycles. The van der Waals surface area contributed by atoms with Crippen molar-refractivity contribution in [3.63, 3.8) is 0 Å². The minimum Gasteiger partial charge on any atom is -0.466 e. The largest absolute Gasteiger partial charge is 0.466 e. The standard InChI is InChI=1S/C24H37N5O4.ClH/c1-3-32-22(30)15-19-16-27(17-23(31)33-4-2)10-9-21(19)29-13-11-28(12-14-29)20-7-5-18(6-8-20)24(25)26;/h5-8,19,21H,3-4,9-17H2,1-2H3,(H3,25,26);1H. The van der Waals surface area contributed by atoms with Gasteiger partial charge in [0.25, 0.3) is 0 Å².